The van der Waals surface area contributed by atoms with Crippen LogP contribution in [0.3, 0.4) is 0 Å². The predicted octanol–water partition coefficient (Wildman–Crippen LogP) is 2.15. The van der Waals surface area contributed by atoms with E-state index < -0.39 is 0 Å². The highest BCUT2D eigenvalue weighted by molar-refractivity contribution is 5.90. The minimum atomic E-state index is -0.321. The van der Waals surface area contributed by atoms with Gasteiger partial charge in [0.2, 0.25) is 5.91 Å². The van der Waals surface area contributed by atoms with Crippen molar-refractivity contribution in [3.05, 3.63) is 47.5 Å². The lowest BCUT2D eigenvalue weighted by molar-refractivity contribution is -0.116. The molecule has 1 amide bonds. The molecular formula is C14H17Cl2FN4O. The number of carbonyl (C=O) groups is 1. The van der Waals surface area contributed by atoms with Crippen LogP contribution in [0.5, 0.6) is 0 Å². The van der Waals surface area contributed by atoms with Gasteiger partial charge in [0, 0.05) is 18.9 Å². The van der Waals surface area contributed by atoms with Crippen LogP contribution < -0.4 is 10.6 Å². The first kappa shape index (κ1) is 18.4. The van der Waals surface area contributed by atoms with Crippen LogP contribution in [0.25, 0.3) is 0 Å². The average Bonchev–Trinajstić information content (AvgIpc) is 2.95. The van der Waals surface area contributed by atoms with Crippen molar-refractivity contribution in [1.82, 2.24) is 15.1 Å². The molecule has 120 valence electrons. The minimum absolute atomic E-state index is 0. The molecule has 0 saturated heterocycles. The third-order valence-electron chi connectivity index (χ3n) is 3.35. The molecule has 0 atom stereocenters. The Bertz CT molecular complexity index is 634. The van der Waals surface area contributed by atoms with E-state index >= 15 is 0 Å². The molecule has 0 bridgehead atoms. The van der Waals surface area contributed by atoms with Crippen molar-refractivity contribution in [3.8, 4) is 0 Å². The van der Waals surface area contributed by atoms with Gasteiger partial charge in [0.1, 0.15) is 12.4 Å². The third kappa shape index (κ3) is 3.97. The molecule has 2 N–H and O–H groups in total. The summed E-state index contributed by atoms with van der Waals surface area (Å²) in [6.45, 7) is 1.51. The van der Waals surface area contributed by atoms with Crippen molar-refractivity contribution >= 4 is 36.4 Å². The number of fused-ring (bicyclic) bond motifs is 1. The van der Waals surface area contributed by atoms with E-state index in [2.05, 4.69) is 15.7 Å². The molecule has 2 heterocycles. The van der Waals surface area contributed by atoms with Crippen LogP contribution >= 0.6 is 24.8 Å². The lowest BCUT2D eigenvalue weighted by atomic mass is 9.99. The Balaban J connectivity index is 0.00000121. The van der Waals surface area contributed by atoms with Gasteiger partial charge in [-0.05, 0) is 36.2 Å². The van der Waals surface area contributed by atoms with Crippen molar-refractivity contribution in [2.75, 3.05) is 11.9 Å². The molecule has 2 aromatic rings. The summed E-state index contributed by atoms with van der Waals surface area (Å²) < 4.78 is 15.8. The number of hydrogen-bond donors (Lipinski definition) is 2. The quantitative estimate of drug-likeness (QED) is 0.895. The summed E-state index contributed by atoms with van der Waals surface area (Å²) >= 11 is 0. The van der Waals surface area contributed by atoms with E-state index in [4.69, 9.17) is 0 Å². The number of carbonyl (C=O) groups excluding carboxylic acids is 1. The Labute approximate surface area is 140 Å². The fourth-order valence-corrected chi connectivity index (χ4v) is 2.36. The van der Waals surface area contributed by atoms with Crippen LogP contribution in [-0.2, 0) is 24.3 Å². The van der Waals surface area contributed by atoms with Crippen molar-refractivity contribution in [2.45, 2.75) is 19.5 Å². The topological polar surface area (TPSA) is 59.0 Å². The van der Waals surface area contributed by atoms with Crippen LogP contribution in [0.15, 0.2) is 30.6 Å². The maximum absolute atomic E-state index is 14.3. The summed E-state index contributed by atoms with van der Waals surface area (Å²) in [5.74, 6) is -0.612. The standard InChI is InChI=1S/C14H15FN4O.2ClH/c15-14-11-4-6-16-8-10(11)2-3-12(14)18-13(20)9-19-7-1-5-17-19;;/h1-3,5,7,16H,4,6,8-9H2,(H,18,20);2*1H. The molecule has 1 aromatic carbocycles. The van der Waals surface area contributed by atoms with Gasteiger partial charge in [0.15, 0.2) is 0 Å². The molecule has 5 nitrogen and oxygen atoms in total. The van der Waals surface area contributed by atoms with Crippen LogP contribution in [0, 0.1) is 5.82 Å². The van der Waals surface area contributed by atoms with Crippen molar-refractivity contribution in [2.24, 2.45) is 0 Å². The Kier molecular flexibility index (Phi) is 6.80. The maximum atomic E-state index is 14.3. The summed E-state index contributed by atoms with van der Waals surface area (Å²) in [7, 11) is 0. The van der Waals surface area contributed by atoms with Crippen molar-refractivity contribution in [3.63, 3.8) is 0 Å². The summed E-state index contributed by atoms with van der Waals surface area (Å²) in [5, 5.41) is 9.74. The number of nitrogens with one attached hydrogen (secondary N) is 2. The number of rotatable bonds is 3. The molecule has 1 aromatic heterocycles. The molecule has 0 saturated carbocycles. The van der Waals surface area contributed by atoms with Crippen molar-refractivity contribution in [1.29, 1.82) is 0 Å². The second-order valence-corrected chi connectivity index (χ2v) is 4.74. The van der Waals surface area contributed by atoms with E-state index in [1.165, 1.54) is 4.68 Å². The molecule has 0 unspecified atom stereocenters. The monoisotopic (exact) mass is 346 g/mol. The number of amides is 1. The second kappa shape index (κ2) is 8.12. The number of aromatic nitrogens is 2. The highest BCUT2D eigenvalue weighted by atomic mass is 35.5. The smallest absolute Gasteiger partial charge is 0.246 e. The number of nitrogens with zero attached hydrogens (tertiary/aromatic N) is 2. The molecule has 3 rings (SSSR count). The molecular weight excluding hydrogens is 330 g/mol. The van der Waals surface area contributed by atoms with Crippen LogP contribution in [0.1, 0.15) is 11.1 Å². The molecule has 1 aliphatic rings. The molecule has 0 radical (unpaired) electrons. The first-order valence-corrected chi connectivity index (χ1v) is 6.52. The van der Waals surface area contributed by atoms with Gasteiger partial charge in [0.25, 0.3) is 0 Å². The highest BCUT2D eigenvalue weighted by Crippen LogP contribution is 2.24. The fraction of sp³-hybridized carbons (Fsp3) is 0.286. The lowest BCUT2D eigenvalue weighted by Gasteiger charge is -2.19. The fourth-order valence-electron chi connectivity index (χ4n) is 2.36. The summed E-state index contributed by atoms with van der Waals surface area (Å²) in [4.78, 5) is 11.8. The zero-order chi connectivity index (χ0) is 13.9. The molecule has 1 aliphatic heterocycles. The molecule has 0 aliphatic carbocycles. The number of anilines is 1. The van der Waals surface area contributed by atoms with E-state index in [9.17, 15) is 9.18 Å². The normalized spacial score (nSPS) is 12.6. The average molecular weight is 347 g/mol. The Morgan fingerprint density at radius 1 is 1.41 bits per heavy atom. The lowest BCUT2D eigenvalue weighted by Crippen LogP contribution is -2.25. The molecule has 0 fully saturated rings. The Hall–Kier alpha value is -1.63. The maximum Gasteiger partial charge on any atom is 0.246 e. The van der Waals surface area contributed by atoms with E-state index in [-0.39, 0.29) is 48.8 Å². The van der Waals surface area contributed by atoms with Gasteiger partial charge in [-0.1, -0.05) is 6.07 Å². The number of benzene rings is 1. The van der Waals surface area contributed by atoms with Gasteiger partial charge in [-0.3, -0.25) is 9.48 Å². The second-order valence-electron chi connectivity index (χ2n) is 4.74. The molecule has 8 heteroatoms. The highest BCUT2D eigenvalue weighted by Gasteiger charge is 2.17. The van der Waals surface area contributed by atoms with Gasteiger partial charge in [0.05, 0.1) is 5.69 Å². The zero-order valence-electron chi connectivity index (χ0n) is 11.7. The summed E-state index contributed by atoms with van der Waals surface area (Å²) in [6, 6.07) is 5.20. The van der Waals surface area contributed by atoms with Crippen LogP contribution in [-0.4, -0.2) is 22.2 Å². The minimum Gasteiger partial charge on any atom is -0.322 e. The predicted molar refractivity (Wildman–Crippen MR) is 87.2 cm³/mol. The van der Waals surface area contributed by atoms with Gasteiger partial charge in [-0.15, -0.1) is 24.8 Å². The number of halogens is 3. The SMILES string of the molecule is Cl.Cl.O=C(Cn1cccn1)Nc1ccc2c(c1F)CCNC2. The Morgan fingerprint density at radius 3 is 2.95 bits per heavy atom. The molecule has 0 spiro atoms. The first-order chi connectivity index (χ1) is 9.74. The molecule has 22 heavy (non-hydrogen) atoms. The Morgan fingerprint density at radius 2 is 2.23 bits per heavy atom. The van der Waals surface area contributed by atoms with Gasteiger partial charge < -0.3 is 10.6 Å². The van der Waals surface area contributed by atoms with E-state index in [1.807, 2.05) is 6.07 Å². The van der Waals surface area contributed by atoms with E-state index in [0.717, 1.165) is 12.1 Å². The van der Waals surface area contributed by atoms with Gasteiger partial charge >= 0.3 is 0 Å². The largest absolute Gasteiger partial charge is 0.322 e. The number of hydrogen-bond acceptors (Lipinski definition) is 3. The van der Waals surface area contributed by atoms with Crippen LogP contribution in [0.2, 0.25) is 0 Å². The van der Waals surface area contributed by atoms with E-state index in [1.54, 1.807) is 24.5 Å². The summed E-state index contributed by atoms with van der Waals surface area (Å²) in [5.41, 5.74) is 1.89. The van der Waals surface area contributed by atoms with Gasteiger partial charge in [-0.2, -0.15) is 5.10 Å². The van der Waals surface area contributed by atoms with Gasteiger partial charge in [-0.25, -0.2) is 4.39 Å². The zero-order valence-corrected chi connectivity index (χ0v) is 13.3. The van der Waals surface area contributed by atoms with Crippen LogP contribution in [0.4, 0.5) is 10.1 Å². The summed E-state index contributed by atoms with van der Waals surface area (Å²) in [6.07, 6.45) is 3.93. The first-order valence-electron chi connectivity index (χ1n) is 6.52. The van der Waals surface area contributed by atoms with E-state index in [0.29, 0.717) is 18.5 Å². The van der Waals surface area contributed by atoms with Crippen molar-refractivity contribution < 1.29 is 9.18 Å². The third-order valence-corrected chi connectivity index (χ3v) is 3.35.